The molecule has 0 saturated carbocycles. The van der Waals surface area contributed by atoms with Crippen LogP contribution in [-0.4, -0.2) is 56.7 Å². The number of unbranched alkanes of at least 4 members (excludes halogenated alkanes) is 1. The highest BCUT2D eigenvalue weighted by molar-refractivity contribution is 5.85. The molecular weight excluding hydrogens is 482 g/mol. The lowest BCUT2D eigenvalue weighted by atomic mass is 9.97. The molecule has 0 fully saturated rings. The third-order valence-corrected chi connectivity index (χ3v) is 6.51. The summed E-state index contributed by atoms with van der Waals surface area (Å²) in [5, 5.41) is 12.3. The number of ether oxygens (including phenoxy) is 2. The van der Waals surface area contributed by atoms with Crippen molar-refractivity contribution in [2.45, 2.75) is 72.7 Å². The first-order chi connectivity index (χ1) is 18.3. The zero-order valence-electron chi connectivity index (χ0n) is 23.3. The molecule has 1 aromatic heterocycles. The number of amides is 1. The Morgan fingerprint density at radius 3 is 2.29 bits per heavy atom. The van der Waals surface area contributed by atoms with E-state index in [1.54, 1.807) is 9.58 Å². The SMILES string of the molecule is CCCCC(=O)N(Cc1ccc(-c2ccccc2-c2nnnn2C(C)OCC)cc1)[C@H](C(=O)OC)C(C)C. The predicted molar refractivity (Wildman–Crippen MR) is 146 cm³/mol. The number of carbonyl (C=O) groups is 2. The Kier molecular flexibility index (Phi) is 10.5. The van der Waals surface area contributed by atoms with Gasteiger partial charge < -0.3 is 14.4 Å². The van der Waals surface area contributed by atoms with E-state index in [4.69, 9.17) is 9.47 Å². The number of hydrogen-bond donors (Lipinski definition) is 0. The molecule has 204 valence electrons. The molecule has 9 heteroatoms. The van der Waals surface area contributed by atoms with E-state index in [2.05, 4.69) is 15.5 Å². The molecule has 2 aromatic carbocycles. The molecule has 1 heterocycles. The van der Waals surface area contributed by atoms with Gasteiger partial charge in [0.1, 0.15) is 6.04 Å². The molecule has 1 unspecified atom stereocenters. The summed E-state index contributed by atoms with van der Waals surface area (Å²) in [4.78, 5) is 27.4. The average Bonchev–Trinajstić information content (AvgIpc) is 3.41. The summed E-state index contributed by atoms with van der Waals surface area (Å²) in [5.74, 6) is 0.107. The molecule has 3 rings (SSSR count). The second-order valence-electron chi connectivity index (χ2n) is 9.58. The fourth-order valence-electron chi connectivity index (χ4n) is 4.54. The van der Waals surface area contributed by atoms with Gasteiger partial charge in [-0.15, -0.1) is 5.10 Å². The summed E-state index contributed by atoms with van der Waals surface area (Å²) in [6, 6.07) is 15.3. The molecule has 0 bridgehead atoms. The number of rotatable bonds is 13. The summed E-state index contributed by atoms with van der Waals surface area (Å²) >= 11 is 0. The molecule has 0 aliphatic heterocycles. The number of tetrazole rings is 1. The van der Waals surface area contributed by atoms with Gasteiger partial charge in [-0.05, 0) is 53.3 Å². The highest BCUT2D eigenvalue weighted by atomic mass is 16.5. The highest BCUT2D eigenvalue weighted by Gasteiger charge is 2.33. The Morgan fingerprint density at radius 1 is 1.00 bits per heavy atom. The fraction of sp³-hybridized carbons (Fsp3) is 0.483. The first-order valence-electron chi connectivity index (χ1n) is 13.3. The average molecular weight is 522 g/mol. The maximum atomic E-state index is 13.2. The van der Waals surface area contributed by atoms with E-state index in [0.29, 0.717) is 25.4 Å². The van der Waals surface area contributed by atoms with Gasteiger partial charge in [0.15, 0.2) is 12.1 Å². The van der Waals surface area contributed by atoms with Crippen molar-refractivity contribution in [3.63, 3.8) is 0 Å². The number of hydrogen-bond acceptors (Lipinski definition) is 7. The molecule has 0 aliphatic rings. The minimum Gasteiger partial charge on any atom is -0.467 e. The van der Waals surface area contributed by atoms with Crippen LogP contribution in [0, 0.1) is 5.92 Å². The van der Waals surface area contributed by atoms with Crippen molar-refractivity contribution in [3.05, 3.63) is 54.1 Å². The van der Waals surface area contributed by atoms with Crippen LogP contribution in [0.2, 0.25) is 0 Å². The third kappa shape index (κ3) is 6.83. The van der Waals surface area contributed by atoms with Crippen molar-refractivity contribution >= 4 is 11.9 Å². The van der Waals surface area contributed by atoms with Crippen LogP contribution < -0.4 is 0 Å². The third-order valence-electron chi connectivity index (χ3n) is 6.51. The number of carbonyl (C=O) groups excluding carboxylic acids is 2. The first-order valence-corrected chi connectivity index (χ1v) is 13.3. The minimum atomic E-state index is -0.643. The van der Waals surface area contributed by atoms with Crippen molar-refractivity contribution < 1.29 is 19.1 Å². The maximum absolute atomic E-state index is 13.2. The Balaban J connectivity index is 1.92. The van der Waals surface area contributed by atoms with Gasteiger partial charge >= 0.3 is 5.97 Å². The summed E-state index contributed by atoms with van der Waals surface area (Å²) in [7, 11) is 1.37. The second-order valence-corrected chi connectivity index (χ2v) is 9.58. The molecule has 1 amide bonds. The van der Waals surface area contributed by atoms with E-state index >= 15 is 0 Å². The summed E-state index contributed by atoms with van der Waals surface area (Å²) in [6.07, 6.45) is 1.78. The number of nitrogens with zero attached hydrogens (tertiary/aromatic N) is 5. The van der Waals surface area contributed by atoms with Crippen LogP contribution in [0.25, 0.3) is 22.5 Å². The van der Waals surface area contributed by atoms with Crippen LogP contribution in [0.15, 0.2) is 48.5 Å². The maximum Gasteiger partial charge on any atom is 0.328 e. The Morgan fingerprint density at radius 2 is 1.68 bits per heavy atom. The van der Waals surface area contributed by atoms with Crippen molar-refractivity contribution in [1.82, 2.24) is 25.1 Å². The molecule has 0 spiro atoms. The first kappa shape index (κ1) is 29.0. The normalized spacial score (nSPS) is 12.8. The Labute approximate surface area is 225 Å². The van der Waals surface area contributed by atoms with Gasteiger partial charge in [0.2, 0.25) is 5.91 Å². The number of methoxy groups -OCH3 is 1. The smallest absolute Gasteiger partial charge is 0.328 e. The summed E-state index contributed by atoms with van der Waals surface area (Å²) < 4.78 is 12.4. The quantitative estimate of drug-likeness (QED) is 0.282. The molecule has 38 heavy (non-hydrogen) atoms. The van der Waals surface area contributed by atoms with E-state index in [9.17, 15) is 9.59 Å². The van der Waals surface area contributed by atoms with Crippen LogP contribution in [-0.2, 0) is 25.6 Å². The van der Waals surface area contributed by atoms with Crippen LogP contribution >= 0.6 is 0 Å². The lowest BCUT2D eigenvalue weighted by Gasteiger charge is -2.32. The molecule has 0 N–H and O–H groups in total. The summed E-state index contributed by atoms with van der Waals surface area (Å²) in [5.41, 5.74) is 3.78. The molecule has 0 saturated heterocycles. The van der Waals surface area contributed by atoms with Crippen molar-refractivity contribution in [2.75, 3.05) is 13.7 Å². The molecule has 0 aliphatic carbocycles. The largest absolute Gasteiger partial charge is 0.467 e. The van der Waals surface area contributed by atoms with Crippen molar-refractivity contribution in [2.24, 2.45) is 5.92 Å². The Hall–Kier alpha value is -3.59. The molecule has 3 aromatic rings. The van der Waals surface area contributed by atoms with E-state index in [-0.39, 0.29) is 18.1 Å². The van der Waals surface area contributed by atoms with Crippen molar-refractivity contribution in [3.8, 4) is 22.5 Å². The number of esters is 1. The van der Waals surface area contributed by atoms with Crippen LogP contribution in [0.3, 0.4) is 0 Å². The van der Waals surface area contributed by atoms with Gasteiger partial charge in [-0.2, -0.15) is 4.68 Å². The number of benzene rings is 2. The topological polar surface area (TPSA) is 99.4 Å². The molecule has 9 nitrogen and oxygen atoms in total. The second kappa shape index (κ2) is 13.8. The van der Waals surface area contributed by atoms with E-state index in [1.807, 2.05) is 83.1 Å². The predicted octanol–water partition coefficient (Wildman–Crippen LogP) is 5.28. The zero-order valence-corrected chi connectivity index (χ0v) is 23.3. The lowest BCUT2D eigenvalue weighted by Crippen LogP contribution is -2.48. The van der Waals surface area contributed by atoms with Crippen LogP contribution in [0.5, 0.6) is 0 Å². The van der Waals surface area contributed by atoms with Crippen LogP contribution in [0.1, 0.15) is 65.7 Å². The van der Waals surface area contributed by atoms with E-state index in [0.717, 1.165) is 35.1 Å². The minimum absolute atomic E-state index is 0.0411. The zero-order chi connectivity index (χ0) is 27.7. The van der Waals surface area contributed by atoms with Gasteiger partial charge in [0, 0.05) is 25.1 Å². The standard InChI is InChI=1S/C29H39N5O4/c1-7-9-14-26(35)33(27(20(3)4)29(36)37-6)19-22-15-17-23(18-16-22)24-12-10-11-13-25(24)28-30-31-32-34(28)21(5)38-8-2/h10-13,15-18,20-21,27H,7-9,14,19H2,1-6H3/t21?,27-/m0/s1. The molecule has 0 radical (unpaired) electrons. The molecular formula is C29H39N5O4. The van der Waals surface area contributed by atoms with Gasteiger partial charge in [0.25, 0.3) is 0 Å². The lowest BCUT2D eigenvalue weighted by molar-refractivity contribution is -0.155. The highest BCUT2D eigenvalue weighted by Crippen LogP contribution is 2.32. The van der Waals surface area contributed by atoms with Gasteiger partial charge in [-0.25, -0.2) is 4.79 Å². The Bertz CT molecular complexity index is 1190. The van der Waals surface area contributed by atoms with E-state index in [1.165, 1.54) is 7.11 Å². The number of aromatic nitrogens is 4. The van der Waals surface area contributed by atoms with Gasteiger partial charge in [-0.3, -0.25) is 4.79 Å². The van der Waals surface area contributed by atoms with Crippen LogP contribution in [0.4, 0.5) is 0 Å². The van der Waals surface area contributed by atoms with E-state index < -0.39 is 12.0 Å². The fourth-order valence-corrected chi connectivity index (χ4v) is 4.54. The van der Waals surface area contributed by atoms with Gasteiger partial charge in [0.05, 0.1) is 7.11 Å². The van der Waals surface area contributed by atoms with Gasteiger partial charge in [-0.1, -0.05) is 75.7 Å². The molecule has 2 atom stereocenters. The van der Waals surface area contributed by atoms with Crippen molar-refractivity contribution in [1.29, 1.82) is 0 Å². The monoisotopic (exact) mass is 521 g/mol. The summed E-state index contributed by atoms with van der Waals surface area (Å²) in [6.45, 7) is 10.6.